The van der Waals surface area contributed by atoms with E-state index in [2.05, 4.69) is 0 Å². The lowest BCUT2D eigenvalue weighted by Crippen LogP contribution is -2.69. The molecule has 0 bridgehead atoms. The fourth-order valence-corrected chi connectivity index (χ4v) is 9.38. The molecule has 0 aliphatic heterocycles. The predicted molar refractivity (Wildman–Crippen MR) is 153 cm³/mol. The van der Waals surface area contributed by atoms with Gasteiger partial charge in [-0.05, 0) is 86.7 Å². The van der Waals surface area contributed by atoms with Crippen molar-refractivity contribution in [1.29, 1.82) is 0 Å². The summed E-state index contributed by atoms with van der Waals surface area (Å²) in [5.41, 5.74) is -2.80. The number of carboxylic acid groups (broad SMARTS) is 1. The van der Waals surface area contributed by atoms with E-state index in [1.54, 1.807) is 26.8 Å². The maximum absolute atomic E-state index is 14.8. The lowest BCUT2D eigenvalue weighted by Gasteiger charge is -2.66. The van der Waals surface area contributed by atoms with Gasteiger partial charge in [0.1, 0.15) is 6.10 Å². The maximum Gasteiger partial charge on any atom is 0.331 e. The number of ether oxygens (including phenoxy) is 2. The van der Waals surface area contributed by atoms with E-state index in [1.807, 2.05) is 26.8 Å². The number of ketones is 2. The molecule has 3 saturated carbocycles. The van der Waals surface area contributed by atoms with Crippen LogP contribution in [0.4, 0.5) is 0 Å². The Hall–Kier alpha value is -2.81. The molecular weight excluding hydrogens is 540 g/mol. The van der Waals surface area contributed by atoms with Gasteiger partial charge in [-0.2, -0.15) is 0 Å². The van der Waals surface area contributed by atoms with Crippen LogP contribution in [0.1, 0.15) is 93.9 Å². The second-order valence-corrected chi connectivity index (χ2v) is 14.3. The summed E-state index contributed by atoms with van der Waals surface area (Å²) in [4.78, 5) is 65.0. The Labute approximate surface area is 248 Å². The van der Waals surface area contributed by atoms with E-state index in [9.17, 15) is 34.2 Å². The Bertz CT molecular complexity index is 1250. The van der Waals surface area contributed by atoms with Crippen molar-refractivity contribution in [3.8, 4) is 0 Å². The maximum atomic E-state index is 14.8. The highest BCUT2D eigenvalue weighted by molar-refractivity contribution is 5.98. The molecule has 2 N–H and O–H groups in total. The number of allylic oxidation sites excluding steroid dienone is 2. The van der Waals surface area contributed by atoms with Crippen LogP contribution in [0, 0.1) is 39.9 Å². The molecule has 0 unspecified atom stereocenters. The van der Waals surface area contributed by atoms with Gasteiger partial charge in [-0.25, -0.2) is 4.79 Å². The number of rotatable bonds is 7. The second kappa shape index (κ2) is 10.7. The van der Waals surface area contributed by atoms with Crippen LogP contribution in [0.2, 0.25) is 0 Å². The normalized spacial score (nSPS) is 40.5. The first-order chi connectivity index (χ1) is 19.3. The molecule has 42 heavy (non-hydrogen) atoms. The fraction of sp³-hybridized carbons (Fsp3) is 0.727. The summed E-state index contributed by atoms with van der Waals surface area (Å²) in [7, 11) is 0. The molecule has 9 atom stereocenters. The van der Waals surface area contributed by atoms with Crippen LogP contribution in [-0.4, -0.2) is 57.5 Å². The van der Waals surface area contributed by atoms with Crippen LogP contribution in [0.3, 0.4) is 0 Å². The van der Waals surface area contributed by atoms with Crippen molar-refractivity contribution in [3.05, 3.63) is 23.3 Å². The smallest absolute Gasteiger partial charge is 0.331 e. The number of carboxylic acids is 1. The molecule has 0 saturated heterocycles. The van der Waals surface area contributed by atoms with Crippen molar-refractivity contribution in [3.63, 3.8) is 0 Å². The largest absolute Gasteiger partial charge is 0.478 e. The summed E-state index contributed by atoms with van der Waals surface area (Å²) in [6.07, 6.45) is 3.93. The minimum absolute atomic E-state index is 0.107. The third kappa shape index (κ3) is 4.95. The first-order valence-electron chi connectivity index (χ1n) is 15.1. The van der Waals surface area contributed by atoms with Crippen LogP contribution >= 0.6 is 0 Å². The molecule has 0 aromatic heterocycles. The molecule has 0 aromatic rings. The predicted octanol–water partition coefficient (Wildman–Crippen LogP) is 4.59. The van der Waals surface area contributed by atoms with Crippen molar-refractivity contribution < 1.29 is 43.7 Å². The van der Waals surface area contributed by atoms with Gasteiger partial charge in [0.25, 0.3) is 0 Å². The highest BCUT2D eigenvalue weighted by atomic mass is 16.5. The second-order valence-electron chi connectivity index (χ2n) is 14.3. The van der Waals surface area contributed by atoms with Gasteiger partial charge in [0.2, 0.25) is 0 Å². The zero-order valence-electron chi connectivity index (χ0n) is 26.1. The highest BCUT2D eigenvalue weighted by Crippen LogP contribution is 2.73. The molecule has 0 amide bonds. The molecule has 4 aliphatic rings. The molecule has 4 aliphatic carbocycles. The van der Waals surface area contributed by atoms with E-state index in [-0.39, 0.29) is 41.8 Å². The number of carbonyl (C=O) groups excluding carboxylic acids is 4. The van der Waals surface area contributed by atoms with Gasteiger partial charge < -0.3 is 19.7 Å². The van der Waals surface area contributed by atoms with Crippen LogP contribution in [-0.2, 0) is 33.4 Å². The van der Waals surface area contributed by atoms with Gasteiger partial charge in [-0.3, -0.25) is 19.2 Å². The van der Waals surface area contributed by atoms with Gasteiger partial charge >= 0.3 is 17.9 Å². The molecule has 4 rings (SSSR count). The Morgan fingerprint density at radius 2 is 1.67 bits per heavy atom. The molecule has 9 nitrogen and oxygen atoms in total. The molecule has 0 heterocycles. The van der Waals surface area contributed by atoms with E-state index in [4.69, 9.17) is 9.47 Å². The molecule has 0 spiro atoms. The average Bonchev–Trinajstić information content (AvgIpc) is 3.13. The fourth-order valence-electron chi connectivity index (χ4n) is 9.38. The number of hydrogen-bond donors (Lipinski definition) is 2. The molecule has 3 fully saturated rings. The highest BCUT2D eigenvalue weighted by Gasteiger charge is 2.74. The molecular formula is C33H46O9. The summed E-state index contributed by atoms with van der Waals surface area (Å²) in [5.74, 6) is -4.24. The zero-order valence-corrected chi connectivity index (χ0v) is 26.1. The Morgan fingerprint density at radius 3 is 2.21 bits per heavy atom. The van der Waals surface area contributed by atoms with E-state index in [0.717, 1.165) is 0 Å². The van der Waals surface area contributed by atoms with Crippen LogP contribution < -0.4 is 0 Å². The van der Waals surface area contributed by atoms with Gasteiger partial charge in [0.05, 0.1) is 5.60 Å². The average molecular weight is 587 g/mol. The summed E-state index contributed by atoms with van der Waals surface area (Å²) in [5, 5.41) is 20.6. The summed E-state index contributed by atoms with van der Waals surface area (Å²) in [6, 6.07) is 0. The summed E-state index contributed by atoms with van der Waals surface area (Å²) < 4.78 is 11.6. The lowest BCUT2D eigenvalue weighted by molar-refractivity contribution is -0.207. The van der Waals surface area contributed by atoms with Crippen LogP contribution in [0.25, 0.3) is 0 Å². The van der Waals surface area contributed by atoms with Crippen molar-refractivity contribution in [2.24, 2.45) is 39.9 Å². The van der Waals surface area contributed by atoms with Crippen molar-refractivity contribution in [2.75, 3.05) is 0 Å². The number of fused-ring (bicyclic) bond motifs is 5. The molecule has 0 aromatic carbocycles. The van der Waals surface area contributed by atoms with E-state index < -0.39 is 63.8 Å². The van der Waals surface area contributed by atoms with Gasteiger partial charge in [-0.15, -0.1) is 0 Å². The van der Waals surface area contributed by atoms with Gasteiger partial charge in [0, 0.05) is 36.7 Å². The number of carbonyl (C=O) groups is 5. The molecule has 232 valence electrons. The topological polar surface area (TPSA) is 144 Å². The third-order valence-corrected chi connectivity index (χ3v) is 11.3. The van der Waals surface area contributed by atoms with Crippen molar-refractivity contribution >= 4 is 29.5 Å². The Kier molecular flexibility index (Phi) is 8.20. The van der Waals surface area contributed by atoms with E-state index in [1.165, 1.54) is 13.8 Å². The number of hydrogen-bond acceptors (Lipinski definition) is 8. The third-order valence-electron chi connectivity index (χ3n) is 11.3. The van der Waals surface area contributed by atoms with Gasteiger partial charge in [0.15, 0.2) is 17.7 Å². The first kappa shape index (κ1) is 32.1. The van der Waals surface area contributed by atoms with Crippen LogP contribution in [0.15, 0.2) is 23.3 Å². The minimum atomic E-state index is -1.14. The van der Waals surface area contributed by atoms with Crippen LogP contribution in [0.5, 0.6) is 0 Å². The Balaban J connectivity index is 1.90. The monoisotopic (exact) mass is 586 g/mol. The minimum Gasteiger partial charge on any atom is -0.478 e. The molecule has 0 radical (unpaired) electrons. The summed E-state index contributed by atoms with van der Waals surface area (Å²) in [6.45, 7) is 13.6. The van der Waals surface area contributed by atoms with E-state index in [0.29, 0.717) is 31.3 Å². The number of aliphatic hydroxyl groups is 1. The number of Topliss-reactive ketones (excluding diaryl/α,β-unsaturated/α-hetero) is 1. The lowest BCUT2D eigenvalue weighted by atomic mass is 9.37. The summed E-state index contributed by atoms with van der Waals surface area (Å²) >= 11 is 0. The first-order valence-corrected chi connectivity index (χ1v) is 15.1. The SMILES string of the molecule is CC(=O)O[C@H]1C[C@@]2(C)[C@@H](CC[C@H]3[C@@]4(C)C=CC(=O)[C@@H](C)[C@@H]4[C@H](OC(C)=O)C(=O)[C@@]32C)C1=C(CCCC(C)(C)O)C(=O)O. The molecule has 9 heteroatoms. The van der Waals surface area contributed by atoms with Crippen molar-refractivity contribution in [1.82, 2.24) is 0 Å². The number of aliphatic carboxylic acids is 1. The zero-order chi connectivity index (χ0) is 31.6. The van der Waals surface area contributed by atoms with Gasteiger partial charge in [-0.1, -0.05) is 33.8 Å². The van der Waals surface area contributed by atoms with E-state index >= 15 is 0 Å². The Morgan fingerprint density at radius 1 is 1.05 bits per heavy atom. The standard InChI is InChI=1S/C33H46O9/c1-17-22(36)13-15-31(6)24-12-11-21-25(20(29(38)39)10-9-14-30(4,5)40)23(41-18(2)34)16-32(21,7)33(24,8)28(37)27(26(17)31)42-19(3)35/h13,15,17,21,23-24,26-27,40H,9-12,14,16H2,1-8H3,(H,38,39)/t17-,21+,23+,24+,26-,27+,31-,32+,33-/m1/s1. The number of esters is 2. The van der Waals surface area contributed by atoms with Crippen molar-refractivity contribution in [2.45, 2.75) is 112 Å². The quantitative estimate of drug-likeness (QED) is 0.323.